The Morgan fingerprint density at radius 3 is 2.59 bits per heavy atom. The van der Waals surface area contributed by atoms with Gasteiger partial charge >= 0.3 is 0 Å². The number of sulfone groups is 1. The molecular weight excluding hydrogens is 240 g/mol. The highest BCUT2D eigenvalue weighted by Crippen LogP contribution is 2.12. The summed E-state index contributed by atoms with van der Waals surface area (Å²) in [6.07, 6.45) is 1.11. The zero-order chi connectivity index (χ0) is 13.1. The average Bonchev–Trinajstić information content (AvgIpc) is 2.27. The Morgan fingerprint density at radius 1 is 1.41 bits per heavy atom. The van der Waals surface area contributed by atoms with Crippen molar-refractivity contribution in [2.24, 2.45) is 5.73 Å². The minimum absolute atomic E-state index is 0.143. The van der Waals surface area contributed by atoms with E-state index in [1.54, 1.807) is 19.2 Å². The average molecular weight is 256 g/mol. The van der Waals surface area contributed by atoms with Gasteiger partial charge in [0.25, 0.3) is 5.91 Å². The minimum atomic E-state index is -3.29. The molecule has 1 rings (SSSR count). The van der Waals surface area contributed by atoms with Crippen LogP contribution in [0.25, 0.3) is 0 Å². The number of carbonyl (C=O) groups is 1. The lowest BCUT2D eigenvalue weighted by Crippen LogP contribution is -2.31. The van der Waals surface area contributed by atoms with E-state index in [-0.39, 0.29) is 10.8 Å². The van der Waals surface area contributed by atoms with E-state index in [2.05, 4.69) is 0 Å². The van der Waals surface area contributed by atoms with Gasteiger partial charge in [-0.05, 0) is 18.2 Å². The third-order valence-electron chi connectivity index (χ3n) is 2.32. The van der Waals surface area contributed by atoms with Crippen molar-refractivity contribution in [2.75, 3.05) is 26.4 Å². The number of amides is 1. The van der Waals surface area contributed by atoms with Crippen LogP contribution in [0.3, 0.4) is 0 Å². The van der Waals surface area contributed by atoms with E-state index in [4.69, 9.17) is 5.73 Å². The Balaban J connectivity index is 3.04. The van der Waals surface area contributed by atoms with E-state index < -0.39 is 9.84 Å². The zero-order valence-electron chi connectivity index (χ0n) is 9.88. The van der Waals surface area contributed by atoms with Crippen LogP contribution in [0.1, 0.15) is 10.4 Å². The number of likely N-dealkylation sites (N-methyl/N-ethyl adjacent to an activating group) is 1. The van der Waals surface area contributed by atoms with Crippen LogP contribution < -0.4 is 5.73 Å². The van der Waals surface area contributed by atoms with Crippen LogP contribution in [-0.4, -0.2) is 45.6 Å². The smallest absolute Gasteiger partial charge is 0.253 e. The molecule has 1 amide bonds. The minimum Gasteiger partial charge on any atom is -0.340 e. The van der Waals surface area contributed by atoms with Gasteiger partial charge in [0, 0.05) is 32.0 Å². The van der Waals surface area contributed by atoms with Gasteiger partial charge in [0.1, 0.15) is 0 Å². The van der Waals surface area contributed by atoms with Gasteiger partial charge in [0.15, 0.2) is 9.84 Å². The maximum Gasteiger partial charge on any atom is 0.253 e. The van der Waals surface area contributed by atoms with Gasteiger partial charge < -0.3 is 10.6 Å². The fraction of sp³-hybridized carbons (Fsp3) is 0.364. The topological polar surface area (TPSA) is 80.5 Å². The van der Waals surface area contributed by atoms with Crippen molar-refractivity contribution in [3.8, 4) is 0 Å². The lowest BCUT2D eigenvalue weighted by Gasteiger charge is -2.16. The van der Waals surface area contributed by atoms with Gasteiger partial charge in [-0.1, -0.05) is 6.07 Å². The number of benzene rings is 1. The summed E-state index contributed by atoms with van der Waals surface area (Å²) >= 11 is 0. The lowest BCUT2D eigenvalue weighted by molar-refractivity contribution is 0.0799. The molecule has 0 heterocycles. The molecular formula is C11H16N2O3S. The number of carbonyl (C=O) groups excluding carboxylic acids is 1. The quantitative estimate of drug-likeness (QED) is 0.829. The second-order valence-corrected chi connectivity index (χ2v) is 5.83. The van der Waals surface area contributed by atoms with Gasteiger partial charge in [-0.15, -0.1) is 0 Å². The van der Waals surface area contributed by atoms with Gasteiger partial charge in [-0.25, -0.2) is 8.42 Å². The maximum absolute atomic E-state index is 11.9. The monoisotopic (exact) mass is 256 g/mol. The predicted molar refractivity (Wildman–Crippen MR) is 65.6 cm³/mol. The third kappa shape index (κ3) is 3.54. The summed E-state index contributed by atoms with van der Waals surface area (Å²) in [5, 5.41) is 0. The summed E-state index contributed by atoms with van der Waals surface area (Å²) < 4.78 is 22.7. The van der Waals surface area contributed by atoms with Crippen molar-refractivity contribution in [1.82, 2.24) is 4.90 Å². The Labute approximate surface area is 101 Å². The molecule has 5 nitrogen and oxygen atoms in total. The number of nitrogens with two attached hydrogens (primary N) is 1. The standard InChI is InChI=1S/C11H16N2O3S/c1-13(7-6-12)11(14)9-4-3-5-10(8-9)17(2,15)16/h3-5,8H,6-7,12H2,1-2H3. The van der Waals surface area contributed by atoms with E-state index in [9.17, 15) is 13.2 Å². The summed E-state index contributed by atoms with van der Waals surface area (Å²) in [5.41, 5.74) is 5.71. The van der Waals surface area contributed by atoms with Crippen LogP contribution in [0, 0.1) is 0 Å². The van der Waals surface area contributed by atoms with E-state index in [1.807, 2.05) is 0 Å². The first-order chi connectivity index (χ1) is 7.86. The molecule has 0 radical (unpaired) electrons. The molecule has 0 saturated carbocycles. The molecule has 2 N–H and O–H groups in total. The van der Waals surface area contributed by atoms with Crippen LogP contribution in [0.5, 0.6) is 0 Å². The van der Waals surface area contributed by atoms with Gasteiger partial charge in [0.2, 0.25) is 0 Å². The number of nitrogens with zero attached hydrogens (tertiary/aromatic N) is 1. The Hall–Kier alpha value is -1.40. The van der Waals surface area contributed by atoms with Crippen molar-refractivity contribution in [2.45, 2.75) is 4.90 Å². The Kier molecular flexibility index (Phi) is 4.25. The Bertz CT molecular complexity index is 511. The van der Waals surface area contributed by atoms with Gasteiger partial charge in [0.05, 0.1) is 4.90 Å². The maximum atomic E-state index is 11.9. The van der Waals surface area contributed by atoms with Crippen molar-refractivity contribution in [3.05, 3.63) is 29.8 Å². The van der Waals surface area contributed by atoms with Crippen LogP contribution in [0.2, 0.25) is 0 Å². The lowest BCUT2D eigenvalue weighted by atomic mass is 10.2. The normalized spacial score (nSPS) is 11.2. The van der Waals surface area contributed by atoms with Gasteiger partial charge in [-0.3, -0.25) is 4.79 Å². The Morgan fingerprint density at radius 2 is 2.06 bits per heavy atom. The fourth-order valence-corrected chi connectivity index (χ4v) is 2.04. The van der Waals surface area contributed by atoms with Crippen LogP contribution in [-0.2, 0) is 9.84 Å². The van der Waals surface area contributed by atoms with E-state index in [0.717, 1.165) is 6.26 Å². The summed E-state index contributed by atoms with van der Waals surface area (Å²) in [6.45, 7) is 0.802. The summed E-state index contributed by atoms with van der Waals surface area (Å²) in [4.78, 5) is 13.5. The molecule has 6 heteroatoms. The number of rotatable bonds is 4. The number of hydrogen-bond acceptors (Lipinski definition) is 4. The highest BCUT2D eigenvalue weighted by atomic mass is 32.2. The fourth-order valence-electron chi connectivity index (χ4n) is 1.38. The molecule has 94 valence electrons. The molecule has 0 aliphatic carbocycles. The predicted octanol–water partition coefficient (Wildman–Crippen LogP) is 0.121. The second kappa shape index (κ2) is 5.29. The highest BCUT2D eigenvalue weighted by Gasteiger charge is 2.14. The van der Waals surface area contributed by atoms with Crippen LogP contribution >= 0.6 is 0 Å². The van der Waals surface area contributed by atoms with Crippen LogP contribution in [0.15, 0.2) is 29.2 Å². The van der Waals surface area contributed by atoms with Crippen molar-refractivity contribution in [1.29, 1.82) is 0 Å². The van der Waals surface area contributed by atoms with E-state index >= 15 is 0 Å². The van der Waals surface area contributed by atoms with Crippen molar-refractivity contribution < 1.29 is 13.2 Å². The summed E-state index contributed by atoms with van der Waals surface area (Å²) in [5.74, 6) is -0.235. The zero-order valence-corrected chi connectivity index (χ0v) is 10.7. The molecule has 0 aromatic heterocycles. The molecule has 0 aliphatic heterocycles. The molecule has 1 aromatic rings. The third-order valence-corrected chi connectivity index (χ3v) is 3.43. The molecule has 0 fully saturated rings. The summed E-state index contributed by atoms with van der Waals surface area (Å²) in [7, 11) is -1.66. The van der Waals surface area contributed by atoms with Crippen molar-refractivity contribution >= 4 is 15.7 Å². The van der Waals surface area contributed by atoms with Crippen LogP contribution in [0.4, 0.5) is 0 Å². The molecule has 17 heavy (non-hydrogen) atoms. The molecule has 0 saturated heterocycles. The van der Waals surface area contributed by atoms with E-state index in [1.165, 1.54) is 17.0 Å². The molecule has 0 atom stereocenters. The molecule has 0 unspecified atom stereocenters. The first-order valence-corrected chi connectivity index (χ1v) is 7.01. The molecule has 0 bridgehead atoms. The summed E-state index contributed by atoms with van der Waals surface area (Å²) in [6, 6.07) is 5.99. The first kappa shape index (κ1) is 13.7. The molecule has 0 spiro atoms. The highest BCUT2D eigenvalue weighted by molar-refractivity contribution is 7.90. The van der Waals surface area contributed by atoms with Crippen molar-refractivity contribution in [3.63, 3.8) is 0 Å². The second-order valence-electron chi connectivity index (χ2n) is 3.82. The van der Waals surface area contributed by atoms with Gasteiger partial charge in [-0.2, -0.15) is 0 Å². The SMILES string of the molecule is CN(CCN)C(=O)c1cccc(S(C)(=O)=O)c1. The molecule has 0 aliphatic rings. The first-order valence-electron chi connectivity index (χ1n) is 5.12. The van der Waals surface area contributed by atoms with E-state index in [0.29, 0.717) is 18.7 Å². The molecule has 1 aromatic carbocycles. The number of hydrogen-bond donors (Lipinski definition) is 1. The largest absolute Gasteiger partial charge is 0.340 e.